The van der Waals surface area contributed by atoms with Gasteiger partial charge in [-0.2, -0.15) is 0 Å². The molecule has 0 aliphatic rings. The third-order valence-electron chi connectivity index (χ3n) is 4.26. The highest BCUT2D eigenvalue weighted by Crippen LogP contribution is 2.25. The molecule has 1 aromatic heterocycles. The molecule has 2 aromatic rings. The second-order valence-electron chi connectivity index (χ2n) is 7.62. The lowest BCUT2D eigenvalue weighted by molar-refractivity contribution is -0.123. The lowest BCUT2D eigenvalue weighted by Gasteiger charge is -2.25. The van der Waals surface area contributed by atoms with Gasteiger partial charge in [0, 0.05) is 23.0 Å². The number of fused-ring (bicyclic) bond motifs is 1. The number of hydrogen-bond acceptors (Lipinski definition) is 3. The number of nitrogens with zero attached hydrogens (tertiary/aromatic N) is 2. The molecule has 0 spiro atoms. The van der Waals surface area contributed by atoms with E-state index >= 15 is 0 Å². The molecule has 0 saturated carbocycles. The van der Waals surface area contributed by atoms with Gasteiger partial charge in [-0.05, 0) is 58.4 Å². The molecular weight excluding hydrogens is 334 g/mol. The molecule has 0 fully saturated rings. The van der Waals surface area contributed by atoms with Crippen LogP contribution in [0.2, 0.25) is 5.15 Å². The van der Waals surface area contributed by atoms with Crippen molar-refractivity contribution in [3.63, 3.8) is 0 Å². The van der Waals surface area contributed by atoms with Gasteiger partial charge in [-0.15, -0.1) is 0 Å². The van der Waals surface area contributed by atoms with Gasteiger partial charge < -0.3 is 5.32 Å². The zero-order valence-electron chi connectivity index (χ0n) is 16.0. The van der Waals surface area contributed by atoms with E-state index in [9.17, 15) is 4.79 Å². The number of nitrogens with one attached hydrogen (secondary N) is 1. The Bertz CT molecular complexity index is 781. The maximum atomic E-state index is 12.2. The summed E-state index contributed by atoms with van der Waals surface area (Å²) < 4.78 is 0. The van der Waals surface area contributed by atoms with Crippen LogP contribution in [0.5, 0.6) is 0 Å². The molecular formula is C20H28ClN3O. The average molecular weight is 362 g/mol. The molecule has 0 aliphatic heterocycles. The van der Waals surface area contributed by atoms with Crippen LogP contribution < -0.4 is 5.32 Å². The Balaban J connectivity index is 2.21. The first-order chi connectivity index (χ1) is 11.6. The molecule has 2 rings (SSSR count). The van der Waals surface area contributed by atoms with Gasteiger partial charge in [0.15, 0.2) is 0 Å². The fourth-order valence-corrected chi connectivity index (χ4v) is 3.00. The Morgan fingerprint density at radius 1 is 1.28 bits per heavy atom. The average Bonchev–Trinajstić information content (AvgIpc) is 2.50. The van der Waals surface area contributed by atoms with E-state index in [0.29, 0.717) is 18.2 Å². The van der Waals surface area contributed by atoms with Gasteiger partial charge >= 0.3 is 0 Å². The topological polar surface area (TPSA) is 45.2 Å². The van der Waals surface area contributed by atoms with Crippen molar-refractivity contribution in [3.8, 4) is 0 Å². The Morgan fingerprint density at radius 2 is 1.96 bits per heavy atom. The molecule has 0 unspecified atom stereocenters. The molecule has 1 heterocycles. The van der Waals surface area contributed by atoms with Crippen LogP contribution in [0, 0.1) is 13.8 Å². The van der Waals surface area contributed by atoms with Gasteiger partial charge in [-0.1, -0.05) is 30.7 Å². The summed E-state index contributed by atoms with van der Waals surface area (Å²) in [5.74, 6) is 0.0192. The van der Waals surface area contributed by atoms with Gasteiger partial charge in [0.2, 0.25) is 5.91 Å². The number of carbonyl (C=O) groups excluding carboxylic acids is 1. The van der Waals surface area contributed by atoms with E-state index in [1.54, 1.807) is 0 Å². The molecule has 1 amide bonds. The summed E-state index contributed by atoms with van der Waals surface area (Å²) in [6, 6.07) is 6.26. The molecule has 136 valence electrons. The molecule has 25 heavy (non-hydrogen) atoms. The van der Waals surface area contributed by atoms with Crippen LogP contribution in [0.3, 0.4) is 0 Å². The standard InChI is InChI=1S/C20H28ClN3O/c1-7-24(12-17(25)23-20(4,5)6)11-16-10-15-9-8-13(2)14(3)18(15)22-19(16)21/h8-10H,7,11-12H2,1-6H3,(H,23,25). The van der Waals surface area contributed by atoms with Crippen LogP contribution in [0.15, 0.2) is 18.2 Å². The summed E-state index contributed by atoms with van der Waals surface area (Å²) in [5, 5.41) is 4.59. The van der Waals surface area contributed by atoms with Crippen LogP contribution in [0.25, 0.3) is 10.9 Å². The van der Waals surface area contributed by atoms with Crippen LogP contribution in [0.4, 0.5) is 0 Å². The summed E-state index contributed by atoms with van der Waals surface area (Å²) in [6.07, 6.45) is 0. The minimum absolute atomic E-state index is 0.0192. The number of rotatable bonds is 5. The van der Waals surface area contributed by atoms with E-state index in [-0.39, 0.29) is 11.4 Å². The number of aryl methyl sites for hydroxylation is 2. The van der Waals surface area contributed by atoms with E-state index in [4.69, 9.17) is 11.6 Å². The smallest absolute Gasteiger partial charge is 0.234 e. The summed E-state index contributed by atoms with van der Waals surface area (Å²) in [7, 11) is 0. The molecule has 0 saturated heterocycles. The van der Waals surface area contributed by atoms with Gasteiger partial charge in [-0.3, -0.25) is 9.69 Å². The van der Waals surface area contributed by atoms with Crippen molar-refractivity contribution >= 4 is 28.4 Å². The van der Waals surface area contributed by atoms with Crippen molar-refractivity contribution in [2.75, 3.05) is 13.1 Å². The fourth-order valence-electron chi connectivity index (χ4n) is 2.80. The second-order valence-corrected chi connectivity index (χ2v) is 7.98. The van der Waals surface area contributed by atoms with Gasteiger partial charge in [0.1, 0.15) is 5.15 Å². The quantitative estimate of drug-likeness (QED) is 0.810. The van der Waals surface area contributed by atoms with Gasteiger partial charge in [0.25, 0.3) is 0 Å². The molecule has 1 N–H and O–H groups in total. The number of pyridine rings is 1. The maximum absolute atomic E-state index is 12.2. The van der Waals surface area contributed by atoms with Crippen molar-refractivity contribution in [1.29, 1.82) is 0 Å². The van der Waals surface area contributed by atoms with E-state index in [1.807, 2.05) is 27.7 Å². The number of likely N-dealkylation sites (N-methyl/N-ethyl adjacent to an activating group) is 1. The van der Waals surface area contributed by atoms with Crippen molar-refractivity contribution in [2.24, 2.45) is 0 Å². The summed E-state index contributed by atoms with van der Waals surface area (Å²) in [5.41, 5.74) is 4.03. The summed E-state index contributed by atoms with van der Waals surface area (Å²) in [6.45, 7) is 13.8. The third-order valence-corrected chi connectivity index (χ3v) is 4.59. The fraction of sp³-hybridized carbons (Fsp3) is 0.500. The third kappa shape index (κ3) is 5.16. The van der Waals surface area contributed by atoms with Crippen molar-refractivity contribution in [1.82, 2.24) is 15.2 Å². The van der Waals surface area contributed by atoms with Crippen LogP contribution in [-0.4, -0.2) is 34.4 Å². The first kappa shape index (κ1) is 19.7. The van der Waals surface area contributed by atoms with Crippen molar-refractivity contribution < 1.29 is 4.79 Å². The Labute approximate surface area is 155 Å². The van der Waals surface area contributed by atoms with Gasteiger partial charge in [-0.25, -0.2) is 4.98 Å². The largest absolute Gasteiger partial charge is 0.350 e. The molecule has 0 bridgehead atoms. The van der Waals surface area contributed by atoms with E-state index < -0.39 is 0 Å². The lowest BCUT2D eigenvalue weighted by atomic mass is 10.0. The van der Waals surface area contributed by atoms with Crippen molar-refractivity contribution in [3.05, 3.63) is 40.0 Å². The van der Waals surface area contributed by atoms with E-state index in [1.165, 1.54) is 5.56 Å². The zero-order chi connectivity index (χ0) is 18.8. The lowest BCUT2D eigenvalue weighted by Crippen LogP contribution is -2.45. The summed E-state index contributed by atoms with van der Waals surface area (Å²) in [4.78, 5) is 18.9. The van der Waals surface area contributed by atoms with Crippen LogP contribution >= 0.6 is 11.6 Å². The monoisotopic (exact) mass is 361 g/mol. The minimum Gasteiger partial charge on any atom is -0.350 e. The van der Waals surface area contributed by atoms with Crippen LogP contribution in [-0.2, 0) is 11.3 Å². The molecule has 4 nitrogen and oxygen atoms in total. The van der Waals surface area contributed by atoms with Crippen LogP contribution in [0.1, 0.15) is 44.4 Å². The highest BCUT2D eigenvalue weighted by molar-refractivity contribution is 6.30. The minimum atomic E-state index is -0.228. The number of benzene rings is 1. The number of aromatic nitrogens is 1. The molecule has 5 heteroatoms. The van der Waals surface area contributed by atoms with E-state index in [0.717, 1.165) is 28.6 Å². The SMILES string of the molecule is CCN(CC(=O)NC(C)(C)C)Cc1cc2ccc(C)c(C)c2nc1Cl. The molecule has 0 aliphatic carbocycles. The predicted octanol–water partition coefficient (Wildman–Crippen LogP) is 4.24. The highest BCUT2D eigenvalue weighted by Gasteiger charge is 2.17. The zero-order valence-corrected chi connectivity index (χ0v) is 16.8. The predicted molar refractivity (Wildman–Crippen MR) is 105 cm³/mol. The number of carbonyl (C=O) groups is 1. The highest BCUT2D eigenvalue weighted by atomic mass is 35.5. The number of halogens is 1. The summed E-state index contributed by atoms with van der Waals surface area (Å²) >= 11 is 6.43. The van der Waals surface area contributed by atoms with Gasteiger partial charge in [0.05, 0.1) is 12.1 Å². The molecule has 0 atom stereocenters. The first-order valence-electron chi connectivity index (χ1n) is 8.69. The Kier molecular flexibility index (Phi) is 6.07. The van der Waals surface area contributed by atoms with E-state index in [2.05, 4.69) is 47.2 Å². The normalized spacial score (nSPS) is 12.0. The second kappa shape index (κ2) is 7.71. The Hall–Kier alpha value is -1.65. The number of amides is 1. The first-order valence-corrected chi connectivity index (χ1v) is 9.07. The Morgan fingerprint density at radius 3 is 2.56 bits per heavy atom. The molecule has 1 aromatic carbocycles. The number of hydrogen-bond donors (Lipinski definition) is 1. The van der Waals surface area contributed by atoms with Crippen molar-refractivity contribution in [2.45, 2.75) is 53.6 Å². The molecule has 0 radical (unpaired) electrons. The maximum Gasteiger partial charge on any atom is 0.234 e.